The molecule has 2 rings (SSSR count). The van der Waals surface area contributed by atoms with Crippen molar-refractivity contribution in [2.45, 2.75) is 83.7 Å². The average molecular weight is 249 g/mol. The summed E-state index contributed by atoms with van der Waals surface area (Å²) in [5.41, 5.74) is -0.830. The van der Waals surface area contributed by atoms with Crippen LogP contribution in [0, 0.1) is 22.2 Å². The molecular weight excluding hydrogens is 222 g/mol. The number of hydrogen-bond acceptors (Lipinski definition) is 2. The highest BCUT2D eigenvalue weighted by atomic mass is 16.3. The summed E-state index contributed by atoms with van der Waals surface area (Å²) in [7, 11) is 0. The van der Waals surface area contributed by atoms with Gasteiger partial charge in [0.2, 0.25) is 0 Å². The molecule has 18 heavy (non-hydrogen) atoms. The molecule has 102 valence electrons. The van der Waals surface area contributed by atoms with Crippen LogP contribution in [0.5, 0.6) is 0 Å². The predicted molar refractivity (Wildman–Crippen MR) is 72.9 cm³/mol. The first-order valence-electron chi connectivity index (χ1n) is 7.57. The Hall–Kier alpha value is -0.550. The molecule has 0 radical (unpaired) electrons. The second-order valence-electron chi connectivity index (χ2n) is 7.30. The SMILES string of the molecule is CC1(C)CCC(C#N)(C2(O)CCCCCC2)CC1. The zero-order valence-corrected chi connectivity index (χ0v) is 12.0. The molecule has 0 aliphatic heterocycles. The van der Waals surface area contributed by atoms with E-state index in [4.69, 9.17) is 0 Å². The second-order valence-corrected chi connectivity index (χ2v) is 7.30. The lowest BCUT2D eigenvalue weighted by atomic mass is 9.57. The molecule has 2 nitrogen and oxygen atoms in total. The summed E-state index contributed by atoms with van der Waals surface area (Å²) in [6.45, 7) is 4.57. The van der Waals surface area contributed by atoms with Crippen molar-refractivity contribution in [2.75, 3.05) is 0 Å². The van der Waals surface area contributed by atoms with Gasteiger partial charge < -0.3 is 5.11 Å². The lowest BCUT2D eigenvalue weighted by Crippen LogP contribution is -2.50. The van der Waals surface area contributed by atoms with Crippen molar-refractivity contribution < 1.29 is 5.11 Å². The van der Waals surface area contributed by atoms with Gasteiger partial charge in [-0.15, -0.1) is 0 Å². The van der Waals surface area contributed by atoms with Gasteiger partial charge in [-0.3, -0.25) is 0 Å². The van der Waals surface area contributed by atoms with Crippen molar-refractivity contribution in [3.05, 3.63) is 0 Å². The maximum atomic E-state index is 11.1. The molecule has 1 N–H and O–H groups in total. The molecule has 2 saturated carbocycles. The quantitative estimate of drug-likeness (QED) is 0.708. The molecule has 0 bridgehead atoms. The average Bonchev–Trinajstić information content (AvgIpc) is 2.56. The van der Waals surface area contributed by atoms with Crippen molar-refractivity contribution in [2.24, 2.45) is 10.8 Å². The summed E-state index contributed by atoms with van der Waals surface area (Å²) >= 11 is 0. The molecule has 0 unspecified atom stereocenters. The highest BCUT2D eigenvalue weighted by molar-refractivity contribution is 5.14. The first kappa shape index (κ1) is 13.9. The molecule has 0 aromatic carbocycles. The monoisotopic (exact) mass is 249 g/mol. The van der Waals surface area contributed by atoms with Crippen molar-refractivity contribution >= 4 is 0 Å². The lowest BCUT2D eigenvalue weighted by molar-refractivity contribution is -0.0949. The minimum atomic E-state index is -0.714. The smallest absolute Gasteiger partial charge is 0.0860 e. The molecule has 0 heterocycles. The Kier molecular flexibility index (Phi) is 3.74. The molecule has 0 aromatic rings. The largest absolute Gasteiger partial charge is 0.388 e. The van der Waals surface area contributed by atoms with Crippen LogP contribution in [0.4, 0.5) is 0 Å². The Labute approximate surface area is 111 Å². The van der Waals surface area contributed by atoms with Crippen LogP contribution in [0.25, 0.3) is 0 Å². The van der Waals surface area contributed by atoms with E-state index in [0.717, 1.165) is 51.4 Å². The number of aliphatic hydroxyl groups is 1. The third-order valence-electron chi connectivity index (χ3n) is 5.49. The molecular formula is C16H27NO. The number of rotatable bonds is 1. The highest BCUT2D eigenvalue weighted by Gasteiger charge is 2.52. The van der Waals surface area contributed by atoms with Gasteiger partial charge in [0.15, 0.2) is 0 Å². The summed E-state index contributed by atoms with van der Waals surface area (Å²) in [6.07, 6.45) is 10.2. The van der Waals surface area contributed by atoms with Crippen molar-refractivity contribution in [3.8, 4) is 6.07 Å². The Morgan fingerprint density at radius 3 is 1.78 bits per heavy atom. The Bertz CT molecular complexity index is 321. The van der Waals surface area contributed by atoms with Crippen LogP contribution < -0.4 is 0 Å². The Balaban J connectivity index is 2.19. The maximum Gasteiger partial charge on any atom is 0.0860 e. The minimum Gasteiger partial charge on any atom is -0.388 e. The van der Waals surface area contributed by atoms with Crippen molar-refractivity contribution in [3.63, 3.8) is 0 Å². The van der Waals surface area contributed by atoms with Gasteiger partial charge in [0, 0.05) is 0 Å². The van der Waals surface area contributed by atoms with Crippen molar-refractivity contribution in [1.29, 1.82) is 5.26 Å². The fourth-order valence-electron chi connectivity index (χ4n) is 3.83. The first-order chi connectivity index (χ1) is 8.43. The van der Waals surface area contributed by atoms with Gasteiger partial charge in [-0.1, -0.05) is 39.5 Å². The molecule has 2 fully saturated rings. The summed E-state index contributed by atoms with van der Waals surface area (Å²) in [4.78, 5) is 0. The molecule has 0 spiro atoms. The fourth-order valence-corrected chi connectivity index (χ4v) is 3.83. The van der Waals surface area contributed by atoms with E-state index < -0.39 is 11.0 Å². The van der Waals surface area contributed by atoms with Crippen LogP contribution in [0.2, 0.25) is 0 Å². The first-order valence-corrected chi connectivity index (χ1v) is 7.57. The zero-order valence-electron chi connectivity index (χ0n) is 12.0. The summed E-state index contributed by atoms with van der Waals surface area (Å²) in [6, 6.07) is 2.54. The van der Waals surface area contributed by atoms with Crippen LogP contribution in [-0.2, 0) is 0 Å². The van der Waals surface area contributed by atoms with Gasteiger partial charge in [0.25, 0.3) is 0 Å². The van der Waals surface area contributed by atoms with E-state index in [1.165, 1.54) is 12.8 Å². The van der Waals surface area contributed by atoms with Gasteiger partial charge in [-0.2, -0.15) is 5.26 Å². The number of nitrogens with zero attached hydrogens (tertiary/aromatic N) is 1. The van der Waals surface area contributed by atoms with Gasteiger partial charge >= 0.3 is 0 Å². The van der Waals surface area contributed by atoms with E-state index in [0.29, 0.717) is 5.41 Å². The minimum absolute atomic E-state index is 0.349. The standard InChI is InChI=1S/C16H27NO/c1-14(2)9-11-15(13-17,12-10-14)16(18)7-5-3-4-6-8-16/h18H,3-12H2,1-2H3. The number of hydrogen-bond donors (Lipinski definition) is 1. The molecule has 2 aliphatic rings. The van der Waals surface area contributed by atoms with E-state index in [1.54, 1.807) is 0 Å². The fraction of sp³-hybridized carbons (Fsp3) is 0.938. The van der Waals surface area contributed by atoms with E-state index in [1.807, 2.05) is 0 Å². The van der Waals surface area contributed by atoms with Gasteiger partial charge in [-0.25, -0.2) is 0 Å². The normalized spacial score (nSPS) is 30.1. The summed E-state index contributed by atoms with van der Waals surface area (Å²) in [5, 5.41) is 20.8. The Morgan fingerprint density at radius 1 is 0.833 bits per heavy atom. The molecule has 2 aliphatic carbocycles. The van der Waals surface area contributed by atoms with E-state index in [-0.39, 0.29) is 0 Å². The van der Waals surface area contributed by atoms with Crippen LogP contribution >= 0.6 is 0 Å². The van der Waals surface area contributed by atoms with E-state index in [2.05, 4.69) is 19.9 Å². The molecule has 2 heteroatoms. The summed E-state index contributed by atoms with van der Waals surface area (Å²) < 4.78 is 0. The second kappa shape index (κ2) is 4.85. The van der Waals surface area contributed by atoms with Gasteiger partial charge in [-0.05, 0) is 43.9 Å². The maximum absolute atomic E-state index is 11.1. The molecule has 0 aromatic heterocycles. The summed E-state index contributed by atoms with van der Waals surface area (Å²) in [5.74, 6) is 0. The third-order valence-corrected chi connectivity index (χ3v) is 5.49. The Morgan fingerprint density at radius 2 is 1.33 bits per heavy atom. The van der Waals surface area contributed by atoms with Crippen LogP contribution in [0.1, 0.15) is 78.1 Å². The molecule has 0 amide bonds. The van der Waals surface area contributed by atoms with Gasteiger partial charge in [0.05, 0.1) is 17.1 Å². The van der Waals surface area contributed by atoms with Crippen LogP contribution in [0.3, 0.4) is 0 Å². The predicted octanol–water partition coefficient (Wildman–Crippen LogP) is 4.18. The van der Waals surface area contributed by atoms with E-state index in [9.17, 15) is 10.4 Å². The lowest BCUT2D eigenvalue weighted by Gasteiger charge is -2.48. The zero-order chi connectivity index (χ0) is 13.3. The van der Waals surface area contributed by atoms with Crippen molar-refractivity contribution in [1.82, 2.24) is 0 Å². The van der Waals surface area contributed by atoms with Crippen LogP contribution in [-0.4, -0.2) is 10.7 Å². The third kappa shape index (κ3) is 2.43. The molecule has 0 saturated heterocycles. The topological polar surface area (TPSA) is 44.0 Å². The molecule has 0 atom stereocenters. The van der Waals surface area contributed by atoms with E-state index >= 15 is 0 Å². The highest BCUT2D eigenvalue weighted by Crippen LogP contribution is 2.53. The van der Waals surface area contributed by atoms with Crippen LogP contribution in [0.15, 0.2) is 0 Å². The number of nitriles is 1. The van der Waals surface area contributed by atoms with Gasteiger partial charge in [0.1, 0.15) is 0 Å².